The first-order valence-corrected chi connectivity index (χ1v) is 7.26. The number of rotatable bonds is 2. The molecule has 0 bridgehead atoms. The van der Waals surface area contributed by atoms with Crippen LogP contribution in [0, 0.1) is 0 Å². The average Bonchev–Trinajstić information content (AvgIpc) is 2.65. The Morgan fingerprint density at radius 2 is 1.95 bits per heavy atom. The minimum Gasteiger partial charge on any atom is -0.508 e. The van der Waals surface area contributed by atoms with Gasteiger partial charge in [-0.15, -0.1) is 0 Å². The molecular weight excluding hydrogens is 252 g/mol. The van der Waals surface area contributed by atoms with E-state index in [1.165, 1.54) is 6.42 Å². The van der Waals surface area contributed by atoms with Crippen LogP contribution in [-0.4, -0.2) is 27.3 Å². The first-order chi connectivity index (χ1) is 9.74. The molecule has 2 atom stereocenters. The maximum Gasteiger partial charge on any atom is 0.134 e. The molecule has 1 fully saturated rings. The molecule has 3 rings (SSSR count). The summed E-state index contributed by atoms with van der Waals surface area (Å²) in [6.45, 7) is 0. The molecule has 4 nitrogen and oxygen atoms in total. The van der Waals surface area contributed by atoms with Gasteiger partial charge in [0, 0.05) is 11.6 Å². The summed E-state index contributed by atoms with van der Waals surface area (Å²) < 4.78 is 0. The van der Waals surface area contributed by atoms with Crippen molar-refractivity contribution in [1.29, 1.82) is 0 Å². The van der Waals surface area contributed by atoms with Crippen LogP contribution >= 0.6 is 0 Å². The Kier molecular flexibility index (Phi) is 3.74. The van der Waals surface area contributed by atoms with Crippen molar-refractivity contribution in [3.8, 4) is 5.75 Å². The van der Waals surface area contributed by atoms with Crippen molar-refractivity contribution < 1.29 is 10.2 Å². The number of fused-ring (bicyclic) bond motifs is 1. The minimum absolute atomic E-state index is 0.0398. The predicted octanol–water partition coefficient (Wildman–Crippen LogP) is 3.05. The largest absolute Gasteiger partial charge is 0.508 e. The number of aromatic nitrogens is 1. The van der Waals surface area contributed by atoms with Crippen LogP contribution in [0.5, 0.6) is 5.75 Å². The summed E-state index contributed by atoms with van der Waals surface area (Å²) in [6, 6.07) is 7.23. The molecule has 0 amide bonds. The predicted molar refractivity (Wildman–Crippen MR) is 79.9 cm³/mol. The first kappa shape index (κ1) is 13.2. The molecule has 2 unspecified atom stereocenters. The van der Waals surface area contributed by atoms with E-state index in [0.717, 1.165) is 42.3 Å². The molecule has 20 heavy (non-hydrogen) atoms. The highest BCUT2D eigenvalue weighted by molar-refractivity contribution is 5.92. The van der Waals surface area contributed by atoms with E-state index in [1.807, 2.05) is 12.1 Å². The summed E-state index contributed by atoms with van der Waals surface area (Å²) in [4.78, 5) is 4.37. The lowest BCUT2D eigenvalue weighted by atomic mass is 10.1. The molecule has 106 valence electrons. The third-order valence-electron chi connectivity index (χ3n) is 4.05. The van der Waals surface area contributed by atoms with Crippen LogP contribution < -0.4 is 5.32 Å². The SMILES string of the molecule is Oc1ccc2ccnc(NC3CCCCCC3O)c2c1. The van der Waals surface area contributed by atoms with Crippen molar-refractivity contribution in [2.24, 2.45) is 0 Å². The van der Waals surface area contributed by atoms with Gasteiger partial charge in [-0.2, -0.15) is 0 Å². The Labute approximate surface area is 118 Å². The zero-order valence-electron chi connectivity index (χ0n) is 11.4. The summed E-state index contributed by atoms with van der Waals surface area (Å²) in [6.07, 6.45) is 6.62. The number of phenolic OH excluding ortho intramolecular Hbond substituents is 1. The second-order valence-corrected chi connectivity index (χ2v) is 5.52. The maximum absolute atomic E-state index is 10.2. The van der Waals surface area contributed by atoms with Crippen LogP contribution in [0.15, 0.2) is 30.5 Å². The van der Waals surface area contributed by atoms with E-state index in [2.05, 4.69) is 10.3 Å². The number of nitrogens with one attached hydrogen (secondary N) is 1. The normalized spacial score (nSPS) is 23.4. The standard InChI is InChI=1S/C16H20N2O2/c19-12-7-6-11-8-9-17-16(13(11)10-12)18-14-4-2-1-3-5-15(14)20/h6-10,14-15,19-20H,1-5H2,(H,17,18). The van der Waals surface area contributed by atoms with Gasteiger partial charge >= 0.3 is 0 Å². The summed E-state index contributed by atoms with van der Waals surface area (Å²) in [7, 11) is 0. The molecule has 1 saturated carbocycles. The number of nitrogens with zero attached hydrogens (tertiary/aromatic N) is 1. The molecule has 1 aromatic heterocycles. The molecule has 1 heterocycles. The van der Waals surface area contributed by atoms with Gasteiger partial charge in [0.05, 0.1) is 12.1 Å². The second kappa shape index (κ2) is 5.67. The number of hydrogen-bond donors (Lipinski definition) is 3. The Morgan fingerprint density at radius 1 is 1.10 bits per heavy atom. The van der Waals surface area contributed by atoms with E-state index in [9.17, 15) is 10.2 Å². The number of aliphatic hydroxyl groups excluding tert-OH is 1. The van der Waals surface area contributed by atoms with E-state index in [1.54, 1.807) is 18.3 Å². The smallest absolute Gasteiger partial charge is 0.134 e. The molecule has 1 aliphatic carbocycles. The molecular formula is C16H20N2O2. The van der Waals surface area contributed by atoms with Crippen molar-refractivity contribution in [2.45, 2.75) is 44.2 Å². The third kappa shape index (κ3) is 2.70. The number of phenols is 1. The number of benzene rings is 1. The first-order valence-electron chi connectivity index (χ1n) is 7.26. The topological polar surface area (TPSA) is 65.4 Å². The van der Waals surface area contributed by atoms with Gasteiger partial charge in [-0.1, -0.05) is 25.3 Å². The van der Waals surface area contributed by atoms with Crippen molar-refractivity contribution in [3.05, 3.63) is 30.5 Å². The van der Waals surface area contributed by atoms with Crippen molar-refractivity contribution >= 4 is 16.6 Å². The summed E-state index contributed by atoms with van der Waals surface area (Å²) >= 11 is 0. The molecule has 0 aliphatic heterocycles. The molecule has 0 spiro atoms. The maximum atomic E-state index is 10.2. The van der Waals surface area contributed by atoms with E-state index in [4.69, 9.17) is 0 Å². The van der Waals surface area contributed by atoms with Crippen molar-refractivity contribution in [1.82, 2.24) is 4.98 Å². The molecule has 4 heteroatoms. The van der Waals surface area contributed by atoms with Crippen LogP contribution in [0.2, 0.25) is 0 Å². The molecule has 2 aromatic rings. The monoisotopic (exact) mass is 272 g/mol. The fourth-order valence-electron chi connectivity index (χ4n) is 2.90. The highest BCUT2D eigenvalue weighted by Gasteiger charge is 2.22. The van der Waals surface area contributed by atoms with E-state index in [0.29, 0.717) is 0 Å². The van der Waals surface area contributed by atoms with Crippen LogP contribution in [0.1, 0.15) is 32.1 Å². The fourth-order valence-corrected chi connectivity index (χ4v) is 2.90. The summed E-state index contributed by atoms with van der Waals surface area (Å²) in [5.41, 5.74) is 0. The lowest BCUT2D eigenvalue weighted by molar-refractivity contribution is 0.144. The van der Waals surface area contributed by atoms with Gasteiger partial charge < -0.3 is 15.5 Å². The van der Waals surface area contributed by atoms with Gasteiger partial charge in [0.25, 0.3) is 0 Å². The molecule has 3 N–H and O–H groups in total. The van der Waals surface area contributed by atoms with Crippen LogP contribution in [0.3, 0.4) is 0 Å². The van der Waals surface area contributed by atoms with Gasteiger partial charge in [0.2, 0.25) is 0 Å². The third-order valence-corrected chi connectivity index (χ3v) is 4.05. The minimum atomic E-state index is -0.327. The fraction of sp³-hybridized carbons (Fsp3) is 0.438. The zero-order valence-corrected chi connectivity index (χ0v) is 11.4. The average molecular weight is 272 g/mol. The number of pyridine rings is 1. The highest BCUT2D eigenvalue weighted by Crippen LogP contribution is 2.28. The molecule has 0 saturated heterocycles. The summed E-state index contributed by atoms with van der Waals surface area (Å²) in [5, 5.41) is 25.1. The Bertz CT molecular complexity index is 600. The second-order valence-electron chi connectivity index (χ2n) is 5.52. The number of aromatic hydroxyl groups is 1. The molecule has 0 radical (unpaired) electrons. The lowest BCUT2D eigenvalue weighted by Gasteiger charge is -2.23. The Balaban J connectivity index is 1.91. The molecule has 1 aliphatic rings. The molecule has 1 aromatic carbocycles. The van der Waals surface area contributed by atoms with E-state index < -0.39 is 0 Å². The Hall–Kier alpha value is -1.81. The van der Waals surface area contributed by atoms with Crippen LogP contribution in [0.4, 0.5) is 5.82 Å². The van der Waals surface area contributed by atoms with Gasteiger partial charge in [0.1, 0.15) is 11.6 Å². The van der Waals surface area contributed by atoms with E-state index >= 15 is 0 Å². The van der Waals surface area contributed by atoms with Crippen LogP contribution in [-0.2, 0) is 0 Å². The van der Waals surface area contributed by atoms with Gasteiger partial charge in [0.15, 0.2) is 0 Å². The number of anilines is 1. The van der Waals surface area contributed by atoms with Gasteiger partial charge in [-0.3, -0.25) is 0 Å². The zero-order chi connectivity index (χ0) is 13.9. The van der Waals surface area contributed by atoms with Crippen LogP contribution in [0.25, 0.3) is 10.8 Å². The quantitative estimate of drug-likeness (QED) is 0.735. The van der Waals surface area contributed by atoms with E-state index in [-0.39, 0.29) is 17.9 Å². The summed E-state index contributed by atoms with van der Waals surface area (Å²) in [5.74, 6) is 0.972. The number of hydrogen-bond acceptors (Lipinski definition) is 4. The van der Waals surface area contributed by atoms with Crippen molar-refractivity contribution in [2.75, 3.05) is 5.32 Å². The lowest BCUT2D eigenvalue weighted by Crippen LogP contribution is -2.32. The van der Waals surface area contributed by atoms with Crippen molar-refractivity contribution in [3.63, 3.8) is 0 Å². The Morgan fingerprint density at radius 3 is 2.85 bits per heavy atom. The number of aliphatic hydroxyl groups is 1. The van der Waals surface area contributed by atoms with Gasteiger partial charge in [-0.05, 0) is 36.4 Å². The highest BCUT2D eigenvalue weighted by atomic mass is 16.3. The van der Waals surface area contributed by atoms with Gasteiger partial charge in [-0.25, -0.2) is 4.98 Å².